The van der Waals surface area contributed by atoms with Gasteiger partial charge in [0.15, 0.2) is 0 Å². The molecule has 3 aliphatic rings. The number of Topliss-reactive ketones (excluding diaryl/α,β-unsaturated/α-hetero) is 1. The van der Waals surface area contributed by atoms with Crippen LogP contribution in [0.5, 0.6) is 0 Å². The highest BCUT2D eigenvalue weighted by molar-refractivity contribution is 5.92. The number of ether oxygens (including phenoxy) is 1. The average molecular weight is 403 g/mol. The summed E-state index contributed by atoms with van der Waals surface area (Å²) in [5.41, 5.74) is 0.187. The lowest BCUT2D eigenvalue weighted by Gasteiger charge is -2.51. The number of nitrogens with zero attached hydrogens (tertiary/aromatic N) is 1. The lowest BCUT2D eigenvalue weighted by Crippen LogP contribution is -2.66. The fraction of sp³-hybridized carbons (Fsp3) is 0.636. The van der Waals surface area contributed by atoms with Crippen LogP contribution in [0.4, 0.5) is 10.1 Å². The minimum absolute atomic E-state index is 0.0165. The molecule has 3 fully saturated rings. The normalized spacial score (nSPS) is 34.9. The molecule has 6 atom stereocenters. The summed E-state index contributed by atoms with van der Waals surface area (Å²) < 4.78 is 19.3. The number of likely N-dealkylation sites (tertiary alicyclic amines) is 1. The first kappa shape index (κ1) is 20.4. The number of carbonyl (C=O) groups excluding carboxylic acids is 2. The number of para-hydroxylation sites is 1. The van der Waals surface area contributed by atoms with E-state index in [2.05, 4.69) is 17.6 Å². The molecule has 0 radical (unpaired) electrons. The zero-order valence-corrected chi connectivity index (χ0v) is 17.1. The highest BCUT2D eigenvalue weighted by Gasteiger charge is 2.49. The smallest absolute Gasteiger partial charge is 0.238 e. The van der Waals surface area contributed by atoms with E-state index in [-0.39, 0.29) is 48.2 Å². The summed E-state index contributed by atoms with van der Waals surface area (Å²) in [5, 5.41) is 6.38. The average Bonchev–Trinajstić information content (AvgIpc) is 2.71. The Morgan fingerprint density at radius 2 is 2.10 bits per heavy atom. The molecule has 2 aliphatic heterocycles. The Labute approximate surface area is 171 Å². The number of fused-ring (bicyclic) bond motifs is 2. The topological polar surface area (TPSA) is 70.7 Å². The molecular weight excluding hydrogens is 373 g/mol. The Morgan fingerprint density at radius 3 is 2.86 bits per heavy atom. The quantitative estimate of drug-likeness (QED) is 0.805. The van der Waals surface area contributed by atoms with Crippen LogP contribution in [-0.2, 0) is 14.3 Å². The van der Waals surface area contributed by atoms with Crippen LogP contribution in [0, 0.1) is 23.6 Å². The van der Waals surface area contributed by atoms with Gasteiger partial charge in [0.1, 0.15) is 11.6 Å². The molecule has 6 unspecified atom stereocenters. The number of nitrogens with one attached hydrogen (secondary N) is 2. The molecule has 2 heterocycles. The van der Waals surface area contributed by atoms with Crippen molar-refractivity contribution in [1.29, 1.82) is 0 Å². The number of benzene rings is 1. The van der Waals surface area contributed by atoms with Crippen LogP contribution >= 0.6 is 0 Å². The standard InChI is InChI=1S/C22H30FN3O3/c1-13-9-14(29-2)10-15-21(13)25-18-7-8-26(11-16(18)22(15)28)12-20(27)24-19-6-4-3-5-17(19)23/h3-6,13-16,18,21,25H,7-12H2,1-2H3,(H,24,27). The van der Waals surface area contributed by atoms with Crippen molar-refractivity contribution in [2.75, 3.05) is 32.1 Å². The molecule has 2 saturated heterocycles. The lowest BCUT2D eigenvalue weighted by molar-refractivity contribution is -0.140. The molecule has 1 aromatic rings. The molecule has 1 aromatic carbocycles. The van der Waals surface area contributed by atoms with Crippen molar-refractivity contribution in [2.45, 2.75) is 44.4 Å². The van der Waals surface area contributed by atoms with Gasteiger partial charge < -0.3 is 15.4 Å². The van der Waals surface area contributed by atoms with Crippen molar-refractivity contribution in [3.05, 3.63) is 30.1 Å². The number of hydrogen-bond donors (Lipinski definition) is 2. The van der Waals surface area contributed by atoms with E-state index < -0.39 is 5.82 Å². The number of halogens is 1. The first-order valence-corrected chi connectivity index (χ1v) is 10.6. The van der Waals surface area contributed by atoms with Crippen molar-refractivity contribution in [2.24, 2.45) is 17.8 Å². The van der Waals surface area contributed by atoms with Crippen LogP contribution in [-0.4, -0.2) is 61.5 Å². The lowest BCUT2D eigenvalue weighted by atomic mass is 9.66. The van der Waals surface area contributed by atoms with Crippen molar-refractivity contribution in [3.8, 4) is 0 Å². The summed E-state index contributed by atoms with van der Waals surface area (Å²) in [6, 6.07) is 6.55. The summed E-state index contributed by atoms with van der Waals surface area (Å²) in [5.74, 6) is -0.101. The Balaban J connectivity index is 1.38. The Morgan fingerprint density at radius 1 is 1.31 bits per heavy atom. The Bertz CT molecular complexity index is 773. The van der Waals surface area contributed by atoms with Gasteiger partial charge in [0, 0.05) is 44.1 Å². The van der Waals surface area contributed by atoms with E-state index in [0.29, 0.717) is 18.2 Å². The molecule has 0 spiro atoms. The van der Waals surface area contributed by atoms with Gasteiger partial charge in [-0.25, -0.2) is 4.39 Å². The van der Waals surface area contributed by atoms with Crippen molar-refractivity contribution < 1.29 is 18.7 Å². The number of rotatable bonds is 4. The summed E-state index contributed by atoms with van der Waals surface area (Å²) in [4.78, 5) is 27.7. The van der Waals surface area contributed by atoms with Gasteiger partial charge in [-0.05, 0) is 37.3 Å². The van der Waals surface area contributed by atoms with Crippen molar-refractivity contribution >= 4 is 17.4 Å². The van der Waals surface area contributed by atoms with Gasteiger partial charge >= 0.3 is 0 Å². The molecule has 1 saturated carbocycles. The highest BCUT2D eigenvalue weighted by Crippen LogP contribution is 2.39. The first-order chi connectivity index (χ1) is 14.0. The maximum atomic E-state index is 13.8. The van der Waals surface area contributed by atoms with Crippen LogP contribution in [0.25, 0.3) is 0 Å². The molecule has 0 aromatic heterocycles. The third-order valence-electron chi connectivity index (χ3n) is 6.88. The Hall–Kier alpha value is -1.83. The fourth-order valence-corrected chi connectivity index (χ4v) is 5.38. The predicted octanol–water partition coefficient (Wildman–Crippen LogP) is 2.06. The molecule has 1 aliphatic carbocycles. The largest absolute Gasteiger partial charge is 0.381 e. The summed E-state index contributed by atoms with van der Waals surface area (Å²) in [6.07, 6.45) is 2.73. The Kier molecular flexibility index (Phi) is 5.99. The molecule has 2 N–H and O–H groups in total. The molecule has 0 bridgehead atoms. The highest BCUT2D eigenvalue weighted by atomic mass is 19.1. The summed E-state index contributed by atoms with van der Waals surface area (Å²) in [6.45, 7) is 3.68. The number of ketones is 1. The fourth-order valence-electron chi connectivity index (χ4n) is 5.38. The number of piperidine rings is 2. The van der Waals surface area contributed by atoms with Crippen LogP contribution in [0.2, 0.25) is 0 Å². The van der Waals surface area contributed by atoms with E-state index in [1.54, 1.807) is 25.3 Å². The number of carbonyl (C=O) groups is 2. The van der Waals surface area contributed by atoms with Gasteiger partial charge in [-0.15, -0.1) is 0 Å². The zero-order valence-electron chi connectivity index (χ0n) is 17.1. The van der Waals surface area contributed by atoms with Crippen LogP contribution in [0.15, 0.2) is 24.3 Å². The third kappa shape index (κ3) is 4.22. The van der Waals surface area contributed by atoms with Crippen molar-refractivity contribution in [3.63, 3.8) is 0 Å². The zero-order chi connectivity index (χ0) is 20.5. The third-order valence-corrected chi connectivity index (χ3v) is 6.88. The molecule has 6 nitrogen and oxygen atoms in total. The van der Waals surface area contributed by atoms with E-state index in [4.69, 9.17) is 4.74 Å². The van der Waals surface area contributed by atoms with Crippen LogP contribution < -0.4 is 10.6 Å². The number of hydrogen-bond acceptors (Lipinski definition) is 5. The molecular formula is C22H30FN3O3. The SMILES string of the molecule is COC1CC(C)C2NC3CCN(CC(=O)Nc4ccccc4F)CC3C(=O)C2C1. The van der Waals surface area contributed by atoms with E-state index in [1.165, 1.54) is 6.07 Å². The maximum absolute atomic E-state index is 13.8. The molecule has 158 valence electrons. The number of amides is 1. The first-order valence-electron chi connectivity index (χ1n) is 10.6. The van der Waals surface area contributed by atoms with Gasteiger partial charge in [-0.1, -0.05) is 19.1 Å². The molecule has 4 rings (SSSR count). The maximum Gasteiger partial charge on any atom is 0.238 e. The second kappa shape index (κ2) is 8.50. The van der Waals surface area contributed by atoms with Gasteiger partial charge in [0.2, 0.25) is 5.91 Å². The molecule has 1 amide bonds. The number of methoxy groups -OCH3 is 1. The monoisotopic (exact) mass is 403 g/mol. The predicted molar refractivity (Wildman–Crippen MR) is 108 cm³/mol. The van der Waals surface area contributed by atoms with E-state index in [1.807, 2.05) is 4.90 Å². The van der Waals surface area contributed by atoms with Gasteiger partial charge in [-0.2, -0.15) is 0 Å². The number of anilines is 1. The minimum Gasteiger partial charge on any atom is -0.381 e. The second-order valence-electron chi connectivity index (χ2n) is 8.77. The van der Waals surface area contributed by atoms with Gasteiger partial charge in [0.05, 0.1) is 18.3 Å². The summed E-state index contributed by atoms with van der Waals surface area (Å²) >= 11 is 0. The minimum atomic E-state index is -0.448. The van der Waals surface area contributed by atoms with Crippen LogP contribution in [0.3, 0.4) is 0 Å². The van der Waals surface area contributed by atoms with E-state index in [9.17, 15) is 14.0 Å². The van der Waals surface area contributed by atoms with Gasteiger partial charge in [0.25, 0.3) is 0 Å². The molecule has 29 heavy (non-hydrogen) atoms. The van der Waals surface area contributed by atoms with Crippen LogP contribution in [0.1, 0.15) is 26.2 Å². The van der Waals surface area contributed by atoms with E-state index in [0.717, 1.165) is 25.8 Å². The van der Waals surface area contributed by atoms with Gasteiger partial charge in [-0.3, -0.25) is 14.5 Å². The summed E-state index contributed by atoms with van der Waals surface area (Å²) in [7, 11) is 1.72. The molecule has 7 heteroatoms. The van der Waals surface area contributed by atoms with E-state index >= 15 is 0 Å². The van der Waals surface area contributed by atoms with Crippen molar-refractivity contribution in [1.82, 2.24) is 10.2 Å². The second-order valence-corrected chi connectivity index (χ2v) is 8.77.